The summed E-state index contributed by atoms with van der Waals surface area (Å²) in [6.07, 6.45) is 2.42. The summed E-state index contributed by atoms with van der Waals surface area (Å²) in [5.74, 6) is 0. The van der Waals surface area contributed by atoms with E-state index in [0.29, 0.717) is 6.54 Å². The SMILES string of the molecule is CC(C)(CNC(=O)O)c1ccncc1. The smallest absolute Gasteiger partial charge is 0.404 e. The summed E-state index contributed by atoms with van der Waals surface area (Å²) in [6.45, 7) is 4.36. The van der Waals surface area contributed by atoms with E-state index < -0.39 is 6.09 Å². The molecular weight excluding hydrogens is 180 g/mol. The third kappa shape index (κ3) is 2.73. The molecule has 2 N–H and O–H groups in total. The van der Waals surface area contributed by atoms with Crippen LogP contribution in [0.25, 0.3) is 0 Å². The van der Waals surface area contributed by atoms with Gasteiger partial charge in [0.15, 0.2) is 0 Å². The van der Waals surface area contributed by atoms with Crippen molar-refractivity contribution in [2.45, 2.75) is 19.3 Å². The zero-order chi connectivity index (χ0) is 10.6. The van der Waals surface area contributed by atoms with E-state index >= 15 is 0 Å². The predicted molar refractivity (Wildman–Crippen MR) is 53.3 cm³/mol. The highest BCUT2D eigenvalue weighted by atomic mass is 16.4. The number of carbonyl (C=O) groups is 1. The summed E-state index contributed by atoms with van der Waals surface area (Å²) in [5.41, 5.74) is 0.864. The van der Waals surface area contributed by atoms with Gasteiger partial charge in [0.1, 0.15) is 0 Å². The van der Waals surface area contributed by atoms with Gasteiger partial charge in [0.05, 0.1) is 0 Å². The minimum Gasteiger partial charge on any atom is -0.465 e. The third-order valence-electron chi connectivity index (χ3n) is 2.14. The molecule has 0 bridgehead atoms. The number of nitrogens with one attached hydrogen (secondary N) is 1. The van der Waals surface area contributed by atoms with E-state index in [1.54, 1.807) is 12.4 Å². The van der Waals surface area contributed by atoms with Crippen LogP contribution in [0, 0.1) is 0 Å². The molecule has 1 aromatic heterocycles. The van der Waals surface area contributed by atoms with Crippen molar-refractivity contribution < 1.29 is 9.90 Å². The fraction of sp³-hybridized carbons (Fsp3) is 0.400. The molecule has 76 valence electrons. The summed E-state index contributed by atoms with van der Waals surface area (Å²) < 4.78 is 0. The standard InChI is InChI=1S/C10H14N2O2/c1-10(2,7-12-9(13)14)8-3-5-11-6-4-8/h3-6,12H,7H2,1-2H3,(H,13,14). The van der Waals surface area contributed by atoms with Crippen molar-refractivity contribution in [3.63, 3.8) is 0 Å². The van der Waals surface area contributed by atoms with Crippen LogP contribution in [-0.2, 0) is 5.41 Å². The molecule has 0 spiro atoms. The molecule has 0 unspecified atom stereocenters. The fourth-order valence-corrected chi connectivity index (χ4v) is 1.20. The number of amides is 1. The average molecular weight is 194 g/mol. The largest absolute Gasteiger partial charge is 0.465 e. The highest BCUT2D eigenvalue weighted by Crippen LogP contribution is 2.20. The summed E-state index contributed by atoms with van der Waals surface area (Å²) in [5, 5.41) is 10.9. The van der Waals surface area contributed by atoms with Crippen LogP contribution in [0.5, 0.6) is 0 Å². The van der Waals surface area contributed by atoms with Crippen LogP contribution in [0.4, 0.5) is 4.79 Å². The van der Waals surface area contributed by atoms with Gasteiger partial charge in [-0.05, 0) is 17.7 Å². The van der Waals surface area contributed by atoms with E-state index in [1.165, 1.54) is 0 Å². The summed E-state index contributed by atoms with van der Waals surface area (Å²) in [4.78, 5) is 14.3. The molecular formula is C10H14N2O2. The topological polar surface area (TPSA) is 62.2 Å². The van der Waals surface area contributed by atoms with E-state index in [9.17, 15) is 4.79 Å². The van der Waals surface area contributed by atoms with Crippen molar-refractivity contribution in [2.24, 2.45) is 0 Å². The zero-order valence-electron chi connectivity index (χ0n) is 8.32. The maximum absolute atomic E-state index is 10.4. The monoisotopic (exact) mass is 194 g/mol. The first kappa shape index (κ1) is 10.5. The molecule has 0 radical (unpaired) electrons. The number of aromatic nitrogens is 1. The molecule has 1 heterocycles. The molecule has 4 nitrogen and oxygen atoms in total. The van der Waals surface area contributed by atoms with Crippen LogP contribution in [0.2, 0.25) is 0 Å². The number of pyridine rings is 1. The Kier molecular flexibility index (Phi) is 3.06. The van der Waals surface area contributed by atoms with E-state index in [-0.39, 0.29) is 5.41 Å². The lowest BCUT2D eigenvalue weighted by Crippen LogP contribution is -2.35. The predicted octanol–water partition coefficient (Wildman–Crippen LogP) is 1.63. The van der Waals surface area contributed by atoms with E-state index in [0.717, 1.165) is 5.56 Å². The Bertz CT molecular complexity index is 309. The first-order chi connectivity index (χ1) is 6.52. The molecule has 0 saturated carbocycles. The van der Waals surface area contributed by atoms with E-state index in [4.69, 9.17) is 5.11 Å². The highest BCUT2D eigenvalue weighted by Gasteiger charge is 2.20. The molecule has 1 rings (SSSR count). The third-order valence-corrected chi connectivity index (χ3v) is 2.14. The number of nitrogens with zero attached hydrogens (tertiary/aromatic N) is 1. The highest BCUT2D eigenvalue weighted by molar-refractivity contribution is 5.64. The summed E-state index contributed by atoms with van der Waals surface area (Å²) in [7, 11) is 0. The number of hydrogen-bond donors (Lipinski definition) is 2. The maximum atomic E-state index is 10.4. The minimum absolute atomic E-state index is 0.207. The van der Waals surface area contributed by atoms with Gasteiger partial charge in [-0.3, -0.25) is 4.98 Å². The van der Waals surface area contributed by atoms with Gasteiger partial charge in [-0.25, -0.2) is 4.79 Å². The normalized spacial score (nSPS) is 11.0. The first-order valence-corrected chi connectivity index (χ1v) is 4.40. The molecule has 4 heteroatoms. The maximum Gasteiger partial charge on any atom is 0.404 e. The van der Waals surface area contributed by atoms with Gasteiger partial charge in [-0.15, -0.1) is 0 Å². The van der Waals surface area contributed by atoms with Crippen molar-refractivity contribution in [1.29, 1.82) is 0 Å². The number of rotatable bonds is 3. The fourth-order valence-electron chi connectivity index (χ4n) is 1.20. The lowest BCUT2D eigenvalue weighted by Gasteiger charge is -2.24. The molecule has 0 aromatic carbocycles. The molecule has 0 aliphatic heterocycles. The van der Waals surface area contributed by atoms with Crippen molar-refractivity contribution in [3.8, 4) is 0 Å². The summed E-state index contributed by atoms with van der Waals surface area (Å²) >= 11 is 0. The van der Waals surface area contributed by atoms with Crippen molar-refractivity contribution >= 4 is 6.09 Å². The minimum atomic E-state index is -0.993. The van der Waals surface area contributed by atoms with E-state index in [1.807, 2.05) is 26.0 Å². The molecule has 14 heavy (non-hydrogen) atoms. The Morgan fingerprint density at radius 2 is 2.07 bits per heavy atom. The lowest BCUT2D eigenvalue weighted by molar-refractivity contribution is 0.192. The Morgan fingerprint density at radius 1 is 1.50 bits per heavy atom. The second kappa shape index (κ2) is 4.09. The summed E-state index contributed by atoms with van der Waals surface area (Å²) in [6, 6.07) is 3.78. The van der Waals surface area contributed by atoms with Crippen LogP contribution in [0.15, 0.2) is 24.5 Å². The van der Waals surface area contributed by atoms with Gasteiger partial charge in [0.2, 0.25) is 0 Å². The van der Waals surface area contributed by atoms with Crippen LogP contribution < -0.4 is 5.32 Å². The van der Waals surface area contributed by atoms with Gasteiger partial charge in [0.25, 0.3) is 0 Å². The van der Waals surface area contributed by atoms with E-state index in [2.05, 4.69) is 10.3 Å². The van der Waals surface area contributed by atoms with Gasteiger partial charge in [-0.2, -0.15) is 0 Å². The molecule has 0 saturated heterocycles. The van der Waals surface area contributed by atoms with Crippen LogP contribution in [-0.4, -0.2) is 22.7 Å². The second-order valence-electron chi connectivity index (χ2n) is 3.78. The average Bonchev–Trinajstić information content (AvgIpc) is 2.16. The Labute approximate surface area is 83.0 Å². The number of hydrogen-bond acceptors (Lipinski definition) is 2. The van der Waals surface area contributed by atoms with Crippen LogP contribution >= 0.6 is 0 Å². The Morgan fingerprint density at radius 3 is 2.57 bits per heavy atom. The van der Waals surface area contributed by atoms with Crippen LogP contribution in [0.1, 0.15) is 19.4 Å². The molecule has 0 aliphatic carbocycles. The number of carboxylic acid groups (broad SMARTS) is 1. The lowest BCUT2D eigenvalue weighted by atomic mass is 9.85. The Balaban J connectivity index is 2.70. The van der Waals surface area contributed by atoms with Crippen LogP contribution in [0.3, 0.4) is 0 Å². The molecule has 0 aliphatic rings. The van der Waals surface area contributed by atoms with Gasteiger partial charge >= 0.3 is 6.09 Å². The molecule has 0 fully saturated rings. The van der Waals surface area contributed by atoms with Crippen molar-refractivity contribution in [1.82, 2.24) is 10.3 Å². The Hall–Kier alpha value is -1.58. The van der Waals surface area contributed by atoms with Crippen molar-refractivity contribution in [2.75, 3.05) is 6.54 Å². The zero-order valence-corrected chi connectivity index (χ0v) is 8.32. The first-order valence-electron chi connectivity index (χ1n) is 4.40. The molecule has 1 aromatic rings. The van der Waals surface area contributed by atoms with Gasteiger partial charge in [0, 0.05) is 24.4 Å². The molecule has 1 amide bonds. The van der Waals surface area contributed by atoms with Gasteiger partial charge in [-0.1, -0.05) is 13.8 Å². The van der Waals surface area contributed by atoms with Crippen molar-refractivity contribution in [3.05, 3.63) is 30.1 Å². The quantitative estimate of drug-likeness (QED) is 0.768. The molecule has 0 atom stereocenters. The van der Waals surface area contributed by atoms with Gasteiger partial charge < -0.3 is 10.4 Å². The second-order valence-corrected chi connectivity index (χ2v) is 3.78.